The minimum absolute atomic E-state index is 0.192. The molecule has 88 valence electrons. The predicted octanol–water partition coefficient (Wildman–Crippen LogP) is 5.12. The summed E-state index contributed by atoms with van der Waals surface area (Å²) < 4.78 is 19.8. The van der Waals surface area contributed by atoms with E-state index in [1.807, 2.05) is 12.1 Å². The summed E-state index contributed by atoms with van der Waals surface area (Å²) in [5.74, 6) is 0.668. The molecular formula is C13H9BrClFO. The second-order valence-electron chi connectivity index (χ2n) is 3.42. The lowest BCUT2D eigenvalue weighted by Crippen LogP contribution is -1.92. The minimum atomic E-state index is -0.395. The minimum Gasteiger partial charge on any atom is -0.454 e. The molecule has 0 aromatic heterocycles. The van der Waals surface area contributed by atoms with Crippen LogP contribution in [0.1, 0.15) is 5.56 Å². The maximum atomic E-state index is 13.4. The molecule has 0 aliphatic rings. The fourth-order valence-corrected chi connectivity index (χ4v) is 1.94. The molecule has 0 radical (unpaired) electrons. The van der Waals surface area contributed by atoms with Crippen LogP contribution in [0.4, 0.5) is 4.39 Å². The van der Waals surface area contributed by atoms with E-state index in [-0.39, 0.29) is 5.75 Å². The Hall–Kier alpha value is -1.06. The first-order valence-electron chi connectivity index (χ1n) is 4.97. The van der Waals surface area contributed by atoms with E-state index in [0.29, 0.717) is 11.6 Å². The summed E-state index contributed by atoms with van der Waals surface area (Å²) in [7, 11) is 0. The van der Waals surface area contributed by atoms with Crippen molar-refractivity contribution in [1.82, 2.24) is 0 Å². The molecule has 0 unspecified atom stereocenters. The van der Waals surface area contributed by atoms with Crippen molar-refractivity contribution in [3.63, 3.8) is 0 Å². The number of benzene rings is 2. The second-order valence-corrected chi connectivity index (χ2v) is 4.60. The standard InChI is InChI=1S/C13H9BrClFO/c14-10-6-5-9(8-15)13(7-10)17-12-4-2-1-3-11(12)16/h1-7H,8H2. The molecule has 0 saturated carbocycles. The van der Waals surface area contributed by atoms with Gasteiger partial charge in [-0.25, -0.2) is 4.39 Å². The van der Waals surface area contributed by atoms with Crippen molar-refractivity contribution in [3.8, 4) is 11.5 Å². The molecule has 0 saturated heterocycles. The molecule has 0 amide bonds. The largest absolute Gasteiger partial charge is 0.454 e. The van der Waals surface area contributed by atoms with Gasteiger partial charge in [0.25, 0.3) is 0 Å². The summed E-state index contributed by atoms with van der Waals surface area (Å²) in [4.78, 5) is 0. The highest BCUT2D eigenvalue weighted by Crippen LogP contribution is 2.30. The van der Waals surface area contributed by atoms with Gasteiger partial charge in [0.15, 0.2) is 11.6 Å². The molecule has 2 aromatic carbocycles. The second kappa shape index (κ2) is 5.52. The first-order chi connectivity index (χ1) is 8.20. The van der Waals surface area contributed by atoms with Crippen LogP contribution in [0.5, 0.6) is 11.5 Å². The zero-order chi connectivity index (χ0) is 12.3. The lowest BCUT2D eigenvalue weighted by molar-refractivity contribution is 0.439. The highest BCUT2D eigenvalue weighted by Gasteiger charge is 2.08. The molecule has 17 heavy (non-hydrogen) atoms. The van der Waals surface area contributed by atoms with Gasteiger partial charge in [-0.05, 0) is 24.3 Å². The maximum absolute atomic E-state index is 13.4. The molecule has 1 nitrogen and oxygen atoms in total. The fourth-order valence-electron chi connectivity index (χ4n) is 1.38. The molecule has 0 aliphatic heterocycles. The number of alkyl halides is 1. The van der Waals surface area contributed by atoms with Crippen molar-refractivity contribution in [2.45, 2.75) is 5.88 Å². The smallest absolute Gasteiger partial charge is 0.165 e. The van der Waals surface area contributed by atoms with Gasteiger partial charge in [-0.15, -0.1) is 11.6 Å². The summed E-state index contributed by atoms with van der Waals surface area (Å²) >= 11 is 9.14. The Balaban J connectivity index is 2.35. The molecule has 0 spiro atoms. The Labute approximate surface area is 112 Å². The van der Waals surface area contributed by atoms with Crippen molar-refractivity contribution in [2.24, 2.45) is 0 Å². The van der Waals surface area contributed by atoms with Gasteiger partial charge in [-0.2, -0.15) is 0 Å². The molecule has 0 fully saturated rings. The molecule has 0 atom stereocenters. The van der Waals surface area contributed by atoms with Crippen LogP contribution >= 0.6 is 27.5 Å². The van der Waals surface area contributed by atoms with Crippen molar-refractivity contribution >= 4 is 27.5 Å². The molecule has 0 bridgehead atoms. The van der Waals surface area contributed by atoms with Gasteiger partial charge in [0, 0.05) is 10.0 Å². The van der Waals surface area contributed by atoms with Crippen LogP contribution in [0.15, 0.2) is 46.9 Å². The maximum Gasteiger partial charge on any atom is 0.165 e. The van der Waals surface area contributed by atoms with Gasteiger partial charge < -0.3 is 4.74 Å². The lowest BCUT2D eigenvalue weighted by atomic mass is 10.2. The Morgan fingerprint density at radius 1 is 1.12 bits per heavy atom. The van der Waals surface area contributed by atoms with Crippen molar-refractivity contribution in [2.75, 3.05) is 0 Å². The molecule has 0 heterocycles. The molecule has 4 heteroatoms. The monoisotopic (exact) mass is 314 g/mol. The van der Waals surface area contributed by atoms with Crippen LogP contribution in [0, 0.1) is 5.82 Å². The normalized spacial score (nSPS) is 10.3. The van der Waals surface area contributed by atoms with Crippen LogP contribution in [0.3, 0.4) is 0 Å². The number of hydrogen-bond acceptors (Lipinski definition) is 1. The first-order valence-corrected chi connectivity index (χ1v) is 6.30. The van der Waals surface area contributed by atoms with Gasteiger partial charge in [-0.3, -0.25) is 0 Å². The molecule has 0 aliphatic carbocycles. The Bertz CT molecular complexity index is 531. The first kappa shape index (κ1) is 12.4. The van der Waals surface area contributed by atoms with Gasteiger partial charge in [0.1, 0.15) is 5.75 Å². The summed E-state index contributed by atoms with van der Waals surface area (Å²) in [6, 6.07) is 11.7. The summed E-state index contributed by atoms with van der Waals surface area (Å²) in [5.41, 5.74) is 0.818. The van der Waals surface area contributed by atoms with Crippen LogP contribution < -0.4 is 4.74 Å². The fraction of sp³-hybridized carbons (Fsp3) is 0.0769. The van der Waals surface area contributed by atoms with Gasteiger partial charge >= 0.3 is 0 Å². The number of ether oxygens (including phenoxy) is 1. The Morgan fingerprint density at radius 2 is 1.88 bits per heavy atom. The third kappa shape index (κ3) is 2.99. The van der Waals surface area contributed by atoms with E-state index in [2.05, 4.69) is 15.9 Å². The summed E-state index contributed by atoms with van der Waals surface area (Å²) in [5, 5.41) is 0. The van der Waals surface area contributed by atoms with Crippen molar-refractivity contribution in [3.05, 3.63) is 58.3 Å². The third-order valence-electron chi connectivity index (χ3n) is 2.23. The Morgan fingerprint density at radius 3 is 2.59 bits per heavy atom. The van der Waals surface area contributed by atoms with E-state index in [1.54, 1.807) is 24.3 Å². The van der Waals surface area contributed by atoms with E-state index in [0.717, 1.165) is 10.0 Å². The van der Waals surface area contributed by atoms with Crippen LogP contribution in [0.25, 0.3) is 0 Å². The zero-order valence-electron chi connectivity index (χ0n) is 8.79. The van der Waals surface area contributed by atoms with Crippen molar-refractivity contribution in [1.29, 1.82) is 0 Å². The molecule has 2 aromatic rings. The number of rotatable bonds is 3. The van der Waals surface area contributed by atoms with E-state index >= 15 is 0 Å². The van der Waals surface area contributed by atoms with Gasteiger partial charge in [-0.1, -0.05) is 34.1 Å². The highest BCUT2D eigenvalue weighted by atomic mass is 79.9. The van der Waals surface area contributed by atoms with E-state index in [4.69, 9.17) is 16.3 Å². The highest BCUT2D eigenvalue weighted by molar-refractivity contribution is 9.10. The van der Waals surface area contributed by atoms with E-state index in [1.165, 1.54) is 6.07 Å². The zero-order valence-corrected chi connectivity index (χ0v) is 11.1. The van der Waals surface area contributed by atoms with Crippen LogP contribution in [-0.4, -0.2) is 0 Å². The number of hydrogen-bond donors (Lipinski definition) is 0. The summed E-state index contributed by atoms with van der Waals surface area (Å²) in [6.07, 6.45) is 0. The van der Waals surface area contributed by atoms with Gasteiger partial charge in [0.05, 0.1) is 5.88 Å². The molecule has 0 N–H and O–H groups in total. The molecular weight excluding hydrogens is 306 g/mol. The average molecular weight is 316 g/mol. The van der Waals surface area contributed by atoms with Crippen LogP contribution in [0.2, 0.25) is 0 Å². The van der Waals surface area contributed by atoms with E-state index < -0.39 is 5.82 Å². The average Bonchev–Trinajstić information content (AvgIpc) is 2.32. The third-order valence-corrected chi connectivity index (χ3v) is 3.01. The van der Waals surface area contributed by atoms with Crippen LogP contribution in [-0.2, 0) is 5.88 Å². The van der Waals surface area contributed by atoms with Crippen molar-refractivity contribution < 1.29 is 9.13 Å². The topological polar surface area (TPSA) is 9.23 Å². The van der Waals surface area contributed by atoms with Gasteiger partial charge in [0.2, 0.25) is 0 Å². The summed E-state index contributed by atoms with van der Waals surface area (Å²) in [6.45, 7) is 0. The quantitative estimate of drug-likeness (QED) is 0.714. The van der Waals surface area contributed by atoms with E-state index in [9.17, 15) is 4.39 Å². The molecule has 2 rings (SSSR count). The Kier molecular flexibility index (Phi) is 4.02. The number of halogens is 3. The predicted molar refractivity (Wildman–Crippen MR) is 70.2 cm³/mol. The lowest BCUT2D eigenvalue weighted by Gasteiger charge is -2.10. The SMILES string of the molecule is Fc1ccccc1Oc1cc(Br)ccc1CCl. The number of para-hydroxylation sites is 1.